The van der Waals surface area contributed by atoms with E-state index in [-0.39, 0.29) is 16.5 Å². The molecular formula is C33H33N5O2. The highest BCUT2D eigenvalue weighted by Crippen LogP contribution is 2.36. The van der Waals surface area contributed by atoms with Crippen LogP contribution in [0.15, 0.2) is 90.1 Å². The van der Waals surface area contributed by atoms with Gasteiger partial charge >= 0.3 is 5.69 Å². The first-order chi connectivity index (χ1) is 19.0. The number of nitrogens with one attached hydrogen (secondary N) is 1. The van der Waals surface area contributed by atoms with Crippen molar-refractivity contribution in [1.82, 2.24) is 24.1 Å². The quantitative estimate of drug-likeness (QED) is 0.256. The van der Waals surface area contributed by atoms with E-state index >= 15 is 0 Å². The lowest BCUT2D eigenvalue weighted by molar-refractivity contribution is 0.458. The van der Waals surface area contributed by atoms with E-state index in [0.717, 1.165) is 33.2 Å². The maximum atomic E-state index is 12.4. The molecule has 0 spiro atoms. The van der Waals surface area contributed by atoms with Gasteiger partial charge in [-0.25, -0.2) is 9.78 Å². The molecule has 4 heterocycles. The molecule has 7 nitrogen and oxygen atoms in total. The second kappa shape index (κ2) is 9.23. The number of pyridine rings is 2. The fourth-order valence-corrected chi connectivity index (χ4v) is 4.99. The highest BCUT2D eigenvalue weighted by molar-refractivity contribution is 6.09. The van der Waals surface area contributed by atoms with Gasteiger partial charge in [-0.2, -0.15) is 4.98 Å². The van der Waals surface area contributed by atoms with Crippen molar-refractivity contribution >= 4 is 21.8 Å². The van der Waals surface area contributed by atoms with Crippen LogP contribution in [0.3, 0.4) is 0 Å². The Labute approximate surface area is 233 Å². The fraction of sp³-hybridized carbons (Fsp3) is 0.242. The van der Waals surface area contributed by atoms with Crippen LogP contribution >= 0.6 is 0 Å². The first-order valence-electron chi connectivity index (χ1n) is 13.5. The molecule has 0 fully saturated rings. The number of aromatic nitrogens is 5. The van der Waals surface area contributed by atoms with E-state index < -0.39 is 0 Å². The Bertz CT molecular complexity index is 1930. The molecule has 2 aromatic carbocycles. The predicted octanol–water partition coefficient (Wildman–Crippen LogP) is 7.44. The summed E-state index contributed by atoms with van der Waals surface area (Å²) in [5.41, 5.74) is 3.87. The molecule has 202 valence electrons. The number of hydrogen-bond donors (Lipinski definition) is 1. The SMILES string of the molecule is CC(C)(C)c1cc(Oc2ccc3c4ccccc4n(-c4cc(C(C)(C)C)ccn4)c3c2)nc(-n2cc[nH]c2=O)c1. The maximum absolute atomic E-state index is 12.4. The highest BCUT2D eigenvalue weighted by Gasteiger charge is 2.20. The molecule has 40 heavy (non-hydrogen) atoms. The average Bonchev–Trinajstić information content (AvgIpc) is 3.48. The minimum atomic E-state index is -0.250. The monoisotopic (exact) mass is 531 g/mol. The van der Waals surface area contributed by atoms with Gasteiger partial charge in [-0.05, 0) is 58.4 Å². The Balaban J connectivity index is 1.51. The van der Waals surface area contributed by atoms with Crippen LogP contribution in [0.25, 0.3) is 33.4 Å². The number of aromatic amines is 1. The summed E-state index contributed by atoms with van der Waals surface area (Å²) in [6, 6.07) is 22.6. The maximum Gasteiger partial charge on any atom is 0.331 e. The van der Waals surface area contributed by atoms with E-state index in [0.29, 0.717) is 17.4 Å². The topological polar surface area (TPSA) is 77.7 Å². The third-order valence-electron chi connectivity index (χ3n) is 7.26. The summed E-state index contributed by atoms with van der Waals surface area (Å²) >= 11 is 0. The first-order valence-corrected chi connectivity index (χ1v) is 13.5. The summed E-state index contributed by atoms with van der Waals surface area (Å²) in [5, 5.41) is 2.26. The number of hydrogen-bond acceptors (Lipinski definition) is 4. The lowest BCUT2D eigenvalue weighted by atomic mass is 9.87. The molecule has 0 aliphatic carbocycles. The van der Waals surface area contributed by atoms with Crippen molar-refractivity contribution in [2.24, 2.45) is 0 Å². The van der Waals surface area contributed by atoms with Gasteiger partial charge in [0, 0.05) is 41.5 Å². The number of nitrogens with zero attached hydrogens (tertiary/aromatic N) is 4. The van der Waals surface area contributed by atoms with Crippen LogP contribution in [-0.2, 0) is 10.8 Å². The number of rotatable bonds is 4. The number of para-hydroxylation sites is 1. The van der Waals surface area contributed by atoms with Crippen LogP contribution in [0.2, 0.25) is 0 Å². The van der Waals surface area contributed by atoms with Gasteiger partial charge in [0.25, 0.3) is 0 Å². The Morgan fingerprint density at radius 2 is 1.50 bits per heavy atom. The van der Waals surface area contributed by atoms with Crippen molar-refractivity contribution < 1.29 is 4.74 Å². The van der Waals surface area contributed by atoms with E-state index in [9.17, 15) is 4.79 Å². The zero-order valence-corrected chi connectivity index (χ0v) is 23.7. The van der Waals surface area contributed by atoms with Crippen molar-refractivity contribution in [3.05, 3.63) is 107 Å². The van der Waals surface area contributed by atoms with Crippen LogP contribution in [-0.4, -0.2) is 24.1 Å². The highest BCUT2D eigenvalue weighted by atomic mass is 16.5. The van der Waals surface area contributed by atoms with E-state index in [1.54, 1.807) is 12.4 Å². The fourth-order valence-electron chi connectivity index (χ4n) is 4.99. The van der Waals surface area contributed by atoms with Crippen LogP contribution in [0.5, 0.6) is 11.6 Å². The number of imidazole rings is 1. The van der Waals surface area contributed by atoms with E-state index in [2.05, 4.69) is 98.5 Å². The average molecular weight is 532 g/mol. The lowest BCUT2D eigenvalue weighted by Gasteiger charge is -2.21. The Hall–Kier alpha value is -4.65. The van der Waals surface area contributed by atoms with Gasteiger partial charge in [0.1, 0.15) is 17.4 Å². The molecule has 0 saturated carbocycles. The van der Waals surface area contributed by atoms with Crippen LogP contribution < -0.4 is 10.4 Å². The molecule has 0 radical (unpaired) electrons. The van der Waals surface area contributed by atoms with Crippen molar-refractivity contribution in [2.45, 2.75) is 52.4 Å². The third kappa shape index (κ3) is 4.57. The molecule has 0 atom stereocenters. The first kappa shape index (κ1) is 25.6. The van der Waals surface area contributed by atoms with E-state index in [4.69, 9.17) is 9.72 Å². The number of H-pyrrole nitrogens is 1. The number of fused-ring (bicyclic) bond motifs is 3. The molecule has 4 aromatic heterocycles. The van der Waals surface area contributed by atoms with Crippen molar-refractivity contribution in [1.29, 1.82) is 0 Å². The zero-order valence-electron chi connectivity index (χ0n) is 23.7. The second-order valence-corrected chi connectivity index (χ2v) is 12.2. The van der Waals surface area contributed by atoms with Gasteiger partial charge in [-0.15, -0.1) is 0 Å². The molecule has 0 unspecified atom stereocenters. The molecule has 6 rings (SSSR count). The zero-order chi connectivity index (χ0) is 28.2. The third-order valence-corrected chi connectivity index (χ3v) is 7.26. The van der Waals surface area contributed by atoms with Gasteiger partial charge < -0.3 is 9.72 Å². The van der Waals surface area contributed by atoms with E-state index in [1.807, 2.05) is 30.5 Å². The molecule has 0 aliphatic heterocycles. The summed E-state index contributed by atoms with van der Waals surface area (Å²) in [6.45, 7) is 13.0. The van der Waals surface area contributed by atoms with Crippen LogP contribution in [0.4, 0.5) is 0 Å². The minimum absolute atomic E-state index is 0.00635. The second-order valence-electron chi connectivity index (χ2n) is 12.2. The molecule has 0 amide bonds. The molecule has 1 N–H and O–H groups in total. The van der Waals surface area contributed by atoms with Crippen LogP contribution in [0, 0.1) is 0 Å². The van der Waals surface area contributed by atoms with Crippen LogP contribution in [0.1, 0.15) is 52.7 Å². The molecular weight excluding hydrogens is 498 g/mol. The molecule has 0 saturated heterocycles. The summed E-state index contributed by atoms with van der Waals surface area (Å²) in [7, 11) is 0. The van der Waals surface area contributed by atoms with Gasteiger partial charge in [0.2, 0.25) is 5.88 Å². The smallest absolute Gasteiger partial charge is 0.331 e. The molecule has 6 aromatic rings. The predicted molar refractivity (Wildman–Crippen MR) is 160 cm³/mol. The Kier molecular flexibility index (Phi) is 5.91. The van der Waals surface area contributed by atoms with Crippen molar-refractivity contribution in [3.8, 4) is 23.3 Å². The summed E-state index contributed by atoms with van der Waals surface area (Å²) < 4.78 is 10.1. The summed E-state index contributed by atoms with van der Waals surface area (Å²) in [5.74, 6) is 2.43. The molecule has 7 heteroatoms. The number of ether oxygens (including phenoxy) is 1. The molecule has 0 bridgehead atoms. The van der Waals surface area contributed by atoms with Gasteiger partial charge in [-0.3, -0.25) is 9.13 Å². The largest absolute Gasteiger partial charge is 0.439 e. The van der Waals surface area contributed by atoms with Gasteiger partial charge in [0.05, 0.1) is 11.0 Å². The summed E-state index contributed by atoms with van der Waals surface area (Å²) in [4.78, 5) is 24.5. The van der Waals surface area contributed by atoms with Crippen molar-refractivity contribution in [3.63, 3.8) is 0 Å². The lowest BCUT2D eigenvalue weighted by Crippen LogP contribution is -2.18. The van der Waals surface area contributed by atoms with Crippen molar-refractivity contribution in [2.75, 3.05) is 0 Å². The minimum Gasteiger partial charge on any atom is -0.439 e. The Morgan fingerprint density at radius 3 is 2.23 bits per heavy atom. The number of benzene rings is 2. The van der Waals surface area contributed by atoms with Gasteiger partial charge in [0.15, 0.2) is 0 Å². The molecule has 0 aliphatic rings. The standard InChI is InChI=1S/C33H33N5O2/c1-32(2,3)21-13-14-34-28(17-21)38-26-10-8-7-9-24(26)25-12-11-23(20-27(25)38)40-30-19-22(33(4,5)6)18-29(36-30)37-16-15-35-31(37)39/h7-20H,1-6H3,(H,35,39). The summed E-state index contributed by atoms with van der Waals surface area (Å²) in [6.07, 6.45) is 5.15. The van der Waals surface area contributed by atoms with E-state index in [1.165, 1.54) is 10.1 Å². The Morgan fingerprint density at radius 1 is 0.775 bits per heavy atom. The van der Waals surface area contributed by atoms with Gasteiger partial charge in [-0.1, -0.05) is 59.7 Å². The normalized spacial score (nSPS) is 12.3.